The topological polar surface area (TPSA) is 36.9 Å². The van der Waals surface area contributed by atoms with Gasteiger partial charge in [-0.05, 0) is 101 Å². The molecule has 4 aliphatic rings. The van der Waals surface area contributed by atoms with E-state index in [4.69, 9.17) is 18.9 Å². The Bertz CT molecular complexity index is 2210. The molecule has 272 valence electrons. The number of fused-ring (bicyclic) bond motifs is 11. The lowest BCUT2D eigenvalue weighted by Gasteiger charge is -2.44. The van der Waals surface area contributed by atoms with Gasteiger partial charge in [-0.2, -0.15) is 0 Å². The second-order valence-electron chi connectivity index (χ2n) is 17.0. The summed E-state index contributed by atoms with van der Waals surface area (Å²) in [4.78, 5) is 0.841. The van der Waals surface area contributed by atoms with Gasteiger partial charge in [0.25, 0.3) is 0 Å². The molecule has 9 rings (SSSR count). The van der Waals surface area contributed by atoms with Gasteiger partial charge in [-0.25, -0.2) is 0 Å². The van der Waals surface area contributed by atoms with Crippen molar-refractivity contribution in [2.24, 2.45) is 17.3 Å². The lowest BCUT2D eigenvalue weighted by atomic mass is 9.60. The highest BCUT2D eigenvalue weighted by Gasteiger charge is 2.52. The first-order valence-corrected chi connectivity index (χ1v) is 20.1. The van der Waals surface area contributed by atoms with Crippen molar-refractivity contribution < 1.29 is 18.9 Å². The smallest absolute Gasteiger partial charge is 0.178 e. The summed E-state index contributed by atoms with van der Waals surface area (Å²) in [6.45, 7) is 14.0. The molecule has 5 aromatic carbocycles. The Hall–Kier alpha value is -4.35. The van der Waals surface area contributed by atoms with Crippen molar-refractivity contribution in [3.63, 3.8) is 0 Å². The third kappa shape index (κ3) is 4.95. The van der Waals surface area contributed by atoms with E-state index in [1.165, 1.54) is 50.9 Å². The first-order chi connectivity index (χ1) is 25.4. The molecule has 0 amide bonds. The highest BCUT2D eigenvalue weighted by atomic mass is 32.2. The zero-order chi connectivity index (χ0) is 36.9. The predicted octanol–water partition coefficient (Wildman–Crippen LogP) is 12.6. The fraction of sp³-hybridized carbons (Fsp3) is 0.375. The summed E-state index contributed by atoms with van der Waals surface area (Å²) < 4.78 is 26.0. The van der Waals surface area contributed by atoms with Crippen molar-refractivity contribution in [1.82, 2.24) is 0 Å². The first-order valence-electron chi connectivity index (χ1n) is 19.3. The van der Waals surface area contributed by atoms with E-state index < -0.39 is 5.60 Å². The Morgan fingerprint density at radius 2 is 1.30 bits per heavy atom. The molecule has 2 heterocycles. The molecule has 0 atom stereocenters. The van der Waals surface area contributed by atoms with Gasteiger partial charge in [0, 0.05) is 39.3 Å². The van der Waals surface area contributed by atoms with Gasteiger partial charge in [0.15, 0.2) is 10.5 Å². The zero-order valence-corrected chi connectivity index (χ0v) is 33.1. The predicted molar refractivity (Wildman–Crippen MR) is 218 cm³/mol. The average molecular weight is 723 g/mol. The van der Waals surface area contributed by atoms with Gasteiger partial charge in [-0.3, -0.25) is 0 Å². The van der Waals surface area contributed by atoms with Crippen LogP contribution >= 0.6 is 11.8 Å². The van der Waals surface area contributed by atoms with Crippen LogP contribution in [-0.4, -0.2) is 19.2 Å². The van der Waals surface area contributed by atoms with Crippen molar-refractivity contribution in [2.75, 3.05) is 14.2 Å². The summed E-state index contributed by atoms with van der Waals surface area (Å²) in [6.07, 6.45) is 9.26. The van der Waals surface area contributed by atoms with E-state index >= 15 is 0 Å². The van der Waals surface area contributed by atoms with Gasteiger partial charge in [-0.15, -0.1) is 0 Å². The molecule has 2 aliphatic carbocycles. The van der Waals surface area contributed by atoms with E-state index in [0.717, 1.165) is 52.4 Å². The molecule has 1 saturated carbocycles. The van der Waals surface area contributed by atoms with E-state index in [0.29, 0.717) is 17.3 Å². The summed E-state index contributed by atoms with van der Waals surface area (Å²) in [6, 6.07) is 30.6. The van der Waals surface area contributed by atoms with Crippen molar-refractivity contribution in [1.29, 1.82) is 0 Å². The second-order valence-corrected chi connectivity index (χ2v) is 18.3. The number of methoxy groups -OCH3 is 2. The Kier molecular flexibility index (Phi) is 7.85. The zero-order valence-electron chi connectivity index (χ0n) is 32.3. The SMILES string of the molecule is COc1ccc(C2(c3ccc(OC)cc3)C=Cc3c4c(c5cc6c(cc5c3O2)SC(C(C)C)(C(C)C)O6)-c2ccccc2C42CCC(C)(C)CC2)cc1. The van der Waals surface area contributed by atoms with Crippen LogP contribution in [0.1, 0.15) is 95.0 Å². The molecule has 0 aromatic heterocycles. The molecule has 5 aromatic rings. The Morgan fingerprint density at radius 1 is 0.698 bits per heavy atom. The van der Waals surface area contributed by atoms with Crippen LogP contribution in [0.2, 0.25) is 0 Å². The minimum atomic E-state index is -0.887. The highest BCUT2D eigenvalue weighted by molar-refractivity contribution is 8.01. The van der Waals surface area contributed by atoms with Crippen LogP contribution in [0.4, 0.5) is 0 Å². The highest BCUT2D eigenvalue weighted by Crippen LogP contribution is 2.65. The standard InChI is InChI=1S/C48H50O4S/c1-29(2)48(30(3)4)51-40-27-37-38(28-41(40)53-48)44-36(43-42(37)35-11-9-10-12-39(35)46(43)25-23-45(5,6)24-26-46)21-22-47(52-44,31-13-17-33(49-7)18-14-31)32-15-19-34(50-8)20-16-32/h9-22,27-30H,23-26H2,1-8H3. The van der Waals surface area contributed by atoms with E-state index in [1.54, 1.807) is 14.2 Å². The maximum Gasteiger partial charge on any atom is 0.178 e. The molecule has 0 N–H and O–H groups in total. The summed E-state index contributed by atoms with van der Waals surface area (Å²) in [5.74, 6) is 4.21. The fourth-order valence-electron chi connectivity index (χ4n) is 9.87. The van der Waals surface area contributed by atoms with E-state index in [-0.39, 0.29) is 10.3 Å². The van der Waals surface area contributed by atoms with Gasteiger partial charge >= 0.3 is 0 Å². The second kappa shape index (κ2) is 12.1. The molecular formula is C48H50O4S. The Morgan fingerprint density at radius 3 is 1.89 bits per heavy atom. The number of hydrogen-bond acceptors (Lipinski definition) is 5. The number of thioether (sulfide) groups is 1. The molecule has 1 fully saturated rings. The van der Waals surface area contributed by atoms with Crippen molar-refractivity contribution in [3.8, 4) is 34.1 Å². The summed E-state index contributed by atoms with van der Waals surface area (Å²) in [5, 5.41) is 2.35. The van der Waals surface area contributed by atoms with Crippen LogP contribution < -0.4 is 18.9 Å². The maximum absolute atomic E-state index is 7.74. The van der Waals surface area contributed by atoms with Gasteiger partial charge in [0.2, 0.25) is 0 Å². The third-order valence-corrected chi connectivity index (χ3v) is 14.8. The number of rotatable bonds is 6. The van der Waals surface area contributed by atoms with Crippen LogP contribution in [0.15, 0.2) is 95.9 Å². The molecular weight excluding hydrogens is 673 g/mol. The Balaban J connectivity index is 1.35. The molecule has 0 saturated heterocycles. The minimum absolute atomic E-state index is 0.0953. The lowest BCUT2D eigenvalue weighted by molar-refractivity contribution is 0.0757. The number of benzene rings is 5. The van der Waals surface area contributed by atoms with E-state index in [2.05, 4.69) is 114 Å². The van der Waals surface area contributed by atoms with Crippen LogP contribution in [0.25, 0.3) is 28.0 Å². The molecule has 53 heavy (non-hydrogen) atoms. The first kappa shape index (κ1) is 34.4. The fourth-order valence-corrected chi connectivity index (χ4v) is 11.2. The van der Waals surface area contributed by atoms with E-state index in [1.807, 2.05) is 36.0 Å². The number of hydrogen-bond donors (Lipinski definition) is 0. The number of ether oxygens (including phenoxy) is 4. The molecule has 0 radical (unpaired) electrons. The summed E-state index contributed by atoms with van der Waals surface area (Å²) in [5.41, 5.74) is 8.21. The van der Waals surface area contributed by atoms with Crippen LogP contribution in [0.3, 0.4) is 0 Å². The summed E-state index contributed by atoms with van der Waals surface area (Å²) >= 11 is 1.88. The van der Waals surface area contributed by atoms with Gasteiger partial charge < -0.3 is 18.9 Å². The van der Waals surface area contributed by atoms with Crippen LogP contribution in [0, 0.1) is 17.3 Å². The van der Waals surface area contributed by atoms with Gasteiger partial charge in [0.1, 0.15) is 23.0 Å². The van der Waals surface area contributed by atoms with Crippen LogP contribution in [-0.2, 0) is 11.0 Å². The molecule has 5 heteroatoms. The largest absolute Gasteiger partial charge is 0.497 e. The van der Waals surface area contributed by atoms with Crippen molar-refractivity contribution >= 4 is 28.6 Å². The quantitative estimate of drug-likeness (QED) is 0.174. The third-order valence-electron chi connectivity index (χ3n) is 12.9. The monoisotopic (exact) mass is 722 g/mol. The molecule has 2 aliphatic heterocycles. The maximum atomic E-state index is 7.74. The van der Waals surface area contributed by atoms with Gasteiger partial charge in [0.05, 0.1) is 19.1 Å². The minimum Gasteiger partial charge on any atom is -0.497 e. The van der Waals surface area contributed by atoms with Crippen molar-refractivity contribution in [3.05, 3.63) is 119 Å². The molecule has 1 spiro atoms. The molecule has 0 unspecified atom stereocenters. The lowest BCUT2D eigenvalue weighted by Crippen LogP contribution is -2.40. The molecule has 0 bridgehead atoms. The Labute approximate surface area is 318 Å². The summed E-state index contributed by atoms with van der Waals surface area (Å²) in [7, 11) is 3.42. The average Bonchev–Trinajstić information content (AvgIpc) is 3.70. The van der Waals surface area contributed by atoms with Crippen molar-refractivity contribution in [2.45, 2.75) is 88.1 Å². The molecule has 4 nitrogen and oxygen atoms in total. The van der Waals surface area contributed by atoms with Gasteiger partial charge in [-0.1, -0.05) is 108 Å². The van der Waals surface area contributed by atoms with Crippen LogP contribution in [0.5, 0.6) is 23.0 Å². The van der Waals surface area contributed by atoms with E-state index in [9.17, 15) is 0 Å². The normalized spacial score (nSPS) is 19.4.